The Hall–Kier alpha value is -0.280. The molecule has 94 valence electrons. The summed E-state index contributed by atoms with van der Waals surface area (Å²) < 4.78 is 5.43. The minimum Gasteiger partial charge on any atom is -0.378 e. The predicted molar refractivity (Wildman–Crippen MR) is 71.9 cm³/mol. The lowest BCUT2D eigenvalue weighted by molar-refractivity contribution is -0.00303. The SMILES string of the molecule is Cc1ccc(CN2CCOCC2CCl)c(Cl)c1. The number of hydrogen-bond donors (Lipinski definition) is 0. The lowest BCUT2D eigenvalue weighted by Gasteiger charge is -2.34. The van der Waals surface area contributed by atoms with E-state index < -0.39 is 0 Å². The molecule has 1 aromatic carbocycles. The summed E-state index contributed by atoms with van der Waals surface area (Å²) >= 11 is 12.2. The van der Waals surface area contributed by atoms with Crippen molar-refractivity contribution in [2.45, 2.75) is 19.5 Å². The number of alkyl halides is 1. The van der Waals surface area contributed by atoms with Crippen molar-refractivity contribution in [2.75, 3.05) is 25.6 Å². The third kappa shape index (κ3) is 3.35. The van der Waals surface area contributed by atoms with Gasteiger partial charge >= 0.3 is 0 Å². The Morgan fingerprint density at radius 2 is 2.29 bits per heavy atom. The largest absolute Gasteiger partial charge is 0.378 e. The summed E-state index contributed by atoms with van der Waals surface area (Å²) in [5.41, 5.74) is 2.35. The highest BCUT2D eigenvalue weighted by atomic mass is 35.5. The number of rotatable bonds is 3. The molecule has 0 bridgehead atoms. The van der Waals surface area contributed by atoms with Crippen molar-refractivity contribution in [3.05, 3.63) is 34.3 Å². The molecular weight excluding hydrogens is 257 g/mol. The molecule has 1 aliphatic rings. The zero-order valence-electron chi connectivity index (χ0n) is 9.96. The van der Waals surface area contributed by atoms with Crippen molar-refractivity contribution in [3.8, 4) is 0 Å². The topological polar surface area (TPSA) is 12.5 Å². The zero-order valence-corrected chi connectivity index (χ0v) is 11.5. The fourth-order valence-corrected chi connectivity index (χ4v) is 2.62. The molecule has 1 saturated heterocycles. The molecule has 0 saturated carbocycles. The monoisotopic (exact) mass is 273 g/mol. The maximum atomic E-state index is 6.25. The smallest absolute Gasteiger partial charge is 0.0634 e. The van der Waals surface area contributed by atoms with Crippen LogP contribution in [-0.2, 0) is 11.3 Å². The van der Waals surface area contributed by atoms with Crippen LogP contribution in [0.4, 0.5) is 0 Å². The average Bonchev–Trinajstić information content (AvgIpc) is 2.33. The van der Waals surface area contributed by atoms with E-state index in [4.69, 9.17) is 27.9 Å². The van der Waals surface area contributed by atoms with Gasteiger partial charge in [-0.2, -0.15) is 0 Å². The van der Waals surface area contributed by atoms with Crippen LogP contribution in [0.25, 0.3) is 0 Å². The standard InChI is InChI=1S/C13H17Cl2NO/c1-10-2-3-11(13(15)6-10)8-16-4-5-17-9-12(16)7-14/h2-3,6,12H,4-5,7-9H2,1H3. The van der Waals surface area contributed by atoms with E-state index in [-0.39, 0.29) is 0 Å². The number of hydrogen-bond acceptors (Lipinski definition) is 2. The van der Waals surface area contributed by atoms with E-state index in [9.17, 15) is 0 Å². The first-order chi connectivity index (χ1) is 8.20. The molecule has 0 N–H and O–H groups in total. The van der Waals surface area contributed by atoms with Crippen molar-refractivity contribution in [1.82, 2.24) is 4.90 Å². The van der Waals surface area contributed by atoms with E-state index in [2.05, 4.69) is 17.0 Å². The van der Waals surface area contributed by atoms with Crippen LogP contribution < -0.4 is 0 Å². The highest BCUT2D eigenvalue weighted by Crippen LogP contribution is 2.21. The molecule has 1 unspecified atom stereocenters. The Labute approximate surface area is 112 Å². The van der Waals surface area contributed by atoms with Crippen molar-refractivity contribution in [2.24, 2.45) is 0 Å². The third-order valence-electron chi connectivity index (χ3n) is 3.11. The third-order valence-corrected chi connectivity index (χ3v) is 3.82. The maximum absolute atomic E-state index is 6.25. The maximum Gasteiger partial charge on any atom is 0.0634 e. The number of aryl methyl sites for hydroxylation is 1. The first-order valence-electron chi connectivity index (χ1n) is 5.83. The van der Waals surface area contributed by atoms with Gasteiger partial charge in [-0.25, -0.2) is 0 Å². The molecule has 17 heavy (non-hydrogen) atoms. The molecular formula is C13H17Cl2NO. The van der Waals surface area contributed by atoms with Crippen molar-refractivity contribution in [3.63, 3.8) is 0 Å². The Morgan fingerprint density at radius 1 is 1.47 bits per heavy atom. The fraction of sp³-hybridized carbons (Fsp3) is 0.538. The number of benzene rings is 1. The molecule has 0 radical (unpaired) electrons. The van der Waals surface area contributed by atoms with Crippen LogP contribution >= 0.6 is 23.2 Å². The van der Waals surface area contributed by atoms with Gasteiger partial charge in [0.15, 0.2) is 0 Å². The van der Waals surface area contributed by atoms with E-state index in [0.29, 0.717) is 18.5 Å². The molecule has 0 aromatic heterocycles. The summed E-state index contributed by atoms with van der Waals surface area (Å²) in [5.74, 6) is 0.601. The summed E-state index contributed by atoms with van der Waals surface area (Å²) in [6.45, 7) is 5.30. The van der Waals surface area contributed by atoms with Crippen LogP contribution in [0.5, 0.6) is 0 Å². The Bertz CT molecular complexity index is 384. The van der Waals surface area contributed by atoms with Crippen molar-refractivity contribution < 1.29 is 4.74 Å². The van der Waals surface area contributed by atoms with Gasteiger partial charge in [-0.1, -0.05) is 23.7 Å². The molecule has 0 aliphatic carbocycles. The van der Waals surface area contributed by atoms with Gasteiger partial charge in [0, 0.05) is 30.0 Å². The first-order valence-corrected chi connectivity index (χ1v) is 6.74. The van der Waals surface area contributed by atoms with E-state index >= 15 is 0 Å². The van der Waals surface area contributed by atoms with E-state index in [1.54, 1.807) is 0 Å². The van der Waals surface area contributed by atoms with E-state index in [0.717, 1.165) is 30.3 Å². The lowest BCUT2D eigenvalue weighted by Crippen LogP contribution is -2.45. The Kier molecular flexibility index (Phi) is 4.69. The van der Waals surface area contributed by atoms with Crippen LogP contribution in [-0.4, -0.2) is 36.6 Å². The number of halogens is 2. The molecule has 1 atom stereocenters. The molecule has 0 amide bonds. The average molecular weight is 274 g/mol. The summed E-state index contributed by atoms with van der Waals surface area (Å²) in [6.07, 6.45) is 0. The minimum absolute atomic E-state index is 0.294. The molecule has 2 nitrogen and oxygen atoms in total. The quantitative estimate of drug-likeness (QED) is 0.785. The van der Waals surface area contributed by atoms with E-state index in [1.807, 2.05) is 13.0 Å². The van der Waals surface area contributed by atoms with Gasteiger partial charge in [-0.15, -0.1) is 11.6 Å². The van der Waals surface area contributed by atoms with Crippen LogP contribution in [0, 0.1) is 6.92 Å². The second-order valence-corrected chi connectivity index (χ2v) is 5.16. The molecule has 1 heterocycles. The normalized spacial score (nSPS) is 21.7. The molecule has 1 fully saturated rings. The van der Waals surface area contributed by atoms with E-state index in [1.165, 1.54) is 5.56 Å². The minimum atomic E-state index is 0.294. The number of nitrogens with zero attached hydrogens (tertiary/aromatic N) is 1. The number of ether oxygens (including phenoxy) is 1. The Morgan fingerprint density at radius 3 is 3.00 bits per heavy atom. The molecule has 4 heteroatoms. The molecule has 0 spiro atoms. The molecule has 1 aliphatic heterocycles. The summed E-state index contributed by atoms with van der Waals surface area (Å²) in [7, 11) is 0. The Balaban J connectivity index is 2.08. The first kappa shape index (κ1) is 13.2. The van der Waals surface area contributed by atoms with Crippen molar-refractivity contribution >= 4 is 23.2 Å². The lowest BCUT2D eigenvalue weighted by atomic mass is 10.1. The highest BCUT2D eigenvalue weighted by Gasteiger charge is 2.22. The second-order valence-electron chi connectivity index (χ2n) is 4.45. The summed E-state index contributed by atoms with van der Waals surface area (Å²) in [4.78, 5) is 2.34. The van der Waals surface area contributed by atoms with Crippen LogP contribution in [0.1, 0.15) is 11.1 Å². The van der Waals surface area contributed by atoms with Gasteiger partial charge in [0.25, 0.3) is 0 Å². The van der Waals surface area contributed by atoms with Gasteiger partial charge in [-0.3, -0.25) is 4.90 Å². The molecule has 1 aromatic rings. The van der Waals surface area contributed by atoms with Gasteiger partial charge in [0.2, 0.25) is 0 Å². The van der Waals surface area contributed by atoms with Crippen molar-refractivity contribution in [1.29, 1.82) is 0 Å². The predicted octanol–water partition coefficient (Wildman–Crippen LogP) is 3.09. The van der Waals surface area contributed by atoms with Crippen LogP contribution in [0.3, 0.4) is 0 Å². The van der Waals surface area contributed by atoms with Gasteiger partial charge in [-0.05, 0) is 24.1 Å². The fourth-order valence-electron chi connectivity index (χ4n) is 2.04. The van der Waals surface area contributed by atoms with Gasteiger partial charge in [0.1, 0.15) is 0 Å². The number of morpholine rings is 1. The second kappa shape index (κ2) is 6.05. The van der Waals surface area contributed by atoms with Crippen LogP contribution in [0.15, 0.2) is 18.2 Å². The van der Waals surface area contributed by atoms with Gasteiger partial charge in [0.05, 0.1) is 13.2 Å². The zero-order chi connectivity index (χ0) is 12.3. The van der Waals surface area contributed by atoms with Gasteiger partial charge < -0.3 is 4.74 Å². The molecule has 2 rings (SSSR count). The van der Waals surface area contributed by atoms with Crippen LogP contribution in [0.2, 0.25) is 5.02 Å². The summed E-state index contributed by atoms with van der Waals surface area (Å²) in [6, 6.07) is 6.49. The summed E-state index contributed by atoms with van der Waals surface area (Å²) in [5, 5.41) is 0.838. The highest BCUT2D eigenvalue weighted by molar-refractivity contribution is 6.31.